The highest BCUT2D eigenvalue weighted by molar-refractivity contribution is 7.21. The summed E-state index contributed by atoms with van der Waals surface area (Å²) in [4.78, 5) is 4.35. The molecule has 0 fully saturated rings. The average molecular weight is 379 g/mol. The lowest BCUT2D eigenvalue weighted by Crippen LogP contribution is -1.86. The summed E-state index contributed by atoms with van der Waals surface area (Å²) >= 11 is 1.39. The summed E-state index contributed by atoms with van der Waals surface area (Å²) in [7, 11) is 1.71. The van der Waals surface area contributed by atoms with Crippen LogP contribution in [0.3, 0.4) is 0 Å². The van der Waals surface area contributed by atoms with E-state index in [0.29, 0.717) is 10.9 Å². The van der Waals surface area contributed by atoms with Crippen LogP contribution in [0.5, 0.6) is 11.5 Å². The molecule has 0 aliphatic carbocycles. The third kappa shape index (κ3) is 3.37. The number of aromatic hydroxyl groups is 2. The summed E-state index contributed by atoms with van der Waals surface area (Å²) in [5, 5.41) is 40.8. The summed E-state index contributed by atoms with van der Waals surface area (Å²) in [5.41, 5.74) is 0.875. The largest absolute Gasteiger partial charge is 0.505 e. The number of rotatable bonds is 4. The summed E-state index contributed by atoms with van der Waals surface area (Å²) in [6, 6.07) is 12.1. The number of nitrogens with zero attached hydrogens (tertiary/aromatic N) is 7. The van der Waals surface area contributed by atoms with Crippen molar-refractivity contribution in [1.82, 2.24) is 14.8 Å². The molecular formula is C17H13N7O2S. The zero-order valence-corrected chi connectivity index (χ0v) is 14.9. The quantitative estimate of drug-likeness (QED) is 0.469. The Morgan fingerprint density at radius 3 is 2.59 bits per heavy atom. The highest BCUT2D eigenvalue weighted by atomic mass is 32.1. The SMILES string of the molecule is Cn1nccc1/N=N/c1c(O)ccc(/N=N/c2nc3ccccc3s2)c1O. The van der Waals surface area contributed by atoms with E-state index in [1.54, 1.807) is 19.3 Å². The van der Waals surface area contributed by atoms with Gasteiger partial charge in [0.05, 0.1) is 16.4 Å². The van der Waals surface area contributed by atoms with Gasteiger partial charge in [-0.3, -0.25) is 0 Å². The number of phenolic OH excluding ortho intramolecular Hbond substituents is 2. The zero-order chi connectivity index (χ0) is 18.8. The van der Waals surface area contributed by atoms with Gasteiger partial charge in [-0.05, 0) is 24.3 Å². The van der Waals surface area contributed by atoms with Gasteiger partial charge in [0, 0.05) is 13.1 Å². The molecule has 0 saturated heterocycles. The first-order chi connectivity index (χ1) is 13.1. The zero-order valence-electron chi connectivity index (χ0n) is 14.1. The Kier molecular flexibility index (Phi) is 4.30. The normalized spacial score (nSPS) is 11.9. The number of aryl methyl sites for hydroxylation is 1. The molecule has 10 heteroatoms. The van der Waals surface area contributed by atoms with Crippen LogP contribution in [-0.2, 0) is 7.05 Å². The van der Waals surface area contributed by atoms with E-state index in [1.807, 2.05) is 24.3 Å². The second-order valence-corrected chi connectivity index (χ2v) is 6.49. The summed E-state index contributed by atoms with van der Waals surface area (Å²) < 4.78 is 2.50. The van der Waals surface area contributed by atoms with Crippen molar-refractivity contribution in [3.8, 4) is 11.5 Å². The van der Waals surface area contributed by atoms with Gasteiger partial charge in [0.25, 0.3) is 0 Å². The maximum absolute atomic E-state index is 10.4. The van der Waals surface area contributed by atoms with E-state index >= 15 is 0 Å². The van der Waals surface area contributed by atoms with E-state index < -0.39 is 0 Å². The van der Waals surface area contributed by atoms with Crippen LogP contribution in [0.15, 0.2) is 69.1 Å². The van der Waals surface area contributed by atoms with Gasteiger partial charge in [-0.25, -0.2) is 9.67 Å². The molecule has 4 rings (SSSR count). The summed E-state index contributed by atoms with van der Waals surface area (Å²) in [6.07, 6.45) is 1.57. The van der Waals surface area contributed by atoms with Crippen molar-refractivity contribution in [2.24, 2.45) is 27.5 Å². The second kappa shape index (κ2) is 6.92. The van der Waals surface area contributed by atoms with Crippen molar-refractivity contribution in [3.05, 3.63) is 48.7 Å². The first-order valence-corrected chi connectivity index (χ1v) is 8.65. The molecule has 2 aromatic carbocycles. The maximum Gasteiger partial charge on any atom is 0.231 e. The molecule has 0 aliphatic rings. The molecule has 0 radical (unpaired) electrons. The minimum Gasteiger partial charge on any atom is -0.505 e. The number of hydrogen-bond donors (Lipinski definition) is 2. The number of fused-ring (bicyclic) bond motifs is 1. The maximum atomic E-state index is 10.4. The highest BCUT2D eigenvalue weighted by Crippen LogP contribution is 2.44. The molecule has 0 saturated carbocycles. The molecule has 2 N–H and O–H groups in total. The monoisotopic (exact) mass is 379 g/mol. The average Bonchev–Trinajstić information content (AvgIpc) is 3.26. The number of azo groups is 2. The number of phenols is 2. The minimum absolute atomic E-state index is 0.100. The van der Waals surface area contributed by atoms with Gasteiger partial charge in [0.15, 0.2) is 17.3 Å². The van der Waals surface area contributed by atoms with E-state index in [0.717, 1.165) is 10.2 Å². The van der Waals surface area contributed by atoms with Gasteiger partial charge in [0.1, 0.15) is 11.4 Å². The molecule has 0 spiro atoms. The lowest BCUT2D eigenvalue weighted by molar-refractivity contribution is 0.453. The highest BCUT2D eigenvalue weighted by Gasteiger charge is 2.13. The molecule has 0 atom stereocenters. The van der Waals surface area contributed by atoms with Crippen LogP contribution in [0.25, 0.3) is 10.2 Å². The first-order valence-electron chi connectivity index (χ1n) is 7.84. The number of aromatic nitrogens is 3. The van der Waals surface area contributed by atoms with Gasteiger partial charge in [-0.15, -0.1) is 20.5 Å². The standard InChI is InChI=1S/C17H13N7O2S/c1-24-14(8-9-18-24)21-22-15-12(25)7-6-11(16(15)26)20-23-17-19-10-4-2-3-5-13(10)27-17/h2-9,25-26H,1H3/b22-21+,23-20+. The van der Waals surface area contributed by atoms with E-state index in [9.17, 15) is 10.2 Å². The predicted molar refractivity (Wildman–Crippen MR) is 101 cm³/mol. The number of benzene rings is 2. The molecule has 134 valence electrons. The molecule has 0 aliphatic heterocycles. The van der Waals surface area contributed by atoms with E-state index in [2.05, 4.69) is 30.5 Å². The van der Waals surface area contributed by atoms with Gasteiger partial charge < -0.3 is 10.2 Å². The van der Waals surface area contributed by atoms with Crippen LogP contribution in [0.1, 0.15) is 0 Å². The number of thiazole rings is 1. The van der Waals surface area contributed by atoms with Gasteiger partial charge in [-0.2, -0.15) is 5.10 Å². The molecule has 27 heavy (non-hydrogen) atoms. The molecule has 0 amide bonds. The van der Waals surface area contributed by atoms with E-state index in [-0.39, 0.29) is 22.9 Å². The molecule has 4 aromatic rings. The Morgan fingerprint density at radius 1 is 0.963 bits per heavy atom. The van der Waals surface area contributed by atoms with Crippen molar-refractivity contribution < 1.29 is 10.2 Å². The Hall–Kier alpha value is -3.66. The number of para-hydroxylation sites is 1. The molecule has 2 heterocycles. The van der Waals surface area contributed by atoms with Crippen LogP contribution in [0.2, 0.25) is 0 Å². The second-order valence-electron chi connectivity index (χ2n) is 5.48. The van der Waals surface area contributed by atoms with Crippen molar-refractivity contribution in [1.29, 1.82) is 0 Å². The third-order valence-electron chi connectivity index (χ3n) is 3.68. The minimum atomic E-state index is -0.328. The van der Waals surface area contributed by atoms with Crippen molar-refractivity contribution in [3.63, 3.8) is 0 Å². The topological polar surface area (TPSA) is 121 Å². The predicted octanol–water partition coefficient (Wildman–Crippen LogP) is 5.27. The van der Waals surface area contributed by atoms with Crippen molar-refractivity contribution in [2.45, 2.75) is 0 Å². The molecule has 9 nitrogen and oxygen atoms in total. The molecular weight excluding hydrogens is 366 g/mol. The molecule has 0 unspecified atom stereocenters. The van der Waals surface area contributed by atoms with Crippen LogP contribution >= 0.6 is 11.3 Å². The van der Waals surface area contributed by atoms with Crippen LogP contribution in [-0.4, -0.2) is 25.0 Å². The Balaban J connectivity index is 1.65. The van der Waals surface area contributed by atoms with Crippen molar-refractivity contribution >= 4 is 43.9 Å². The van der Waals surface area contributed by atoms with Crippen LogP contribution in [0, 0.1) is 0 Å². The summed E-state index contributed by atoms with van der Waals surface area (Å²) in [5.74, 6) is -0.0848. The van der Waals surface area contributed by atoms with Gasteiger partial charge in [-0.1, -0.05) is 23.5 Å². The Morgan fingerprint density at radius 2 is 1.81 bits per heavy atom. The molecule has 0 bridgehead atoms. The fourth-order valence-corrected chi connectivity index (χ4v) is 3.09. The summed E-state index contributed by atoms with van der Waals surface area (Å²) in [6.45, 7) is 0. The lowest BCUT2D eigenvalue weighted by atomic mass is 10.2. The van der Waals surface area contributed by atoms with E-state index in [1.165, 1.54) is 28.2 Å². The molecule has 2 aromatic heterocycles. The van der Waals surface area contributed by atoms with Crippen LogP contribution in [0.4, 0.5) is 22.3 Å². The Bertz CT molecular complexity index is 1150. The lowest BCUT2D eigenvalue weighted by Gasteiger charge is -2.03. The van der Waals surface area contributed by atoms with Gasteiger partial charge in [0.2, 0.25) is 5.13 Å². The third-order valence-corrected chi connectivity index (χ3v) is 4.60. The van der Waals surface area contributed by atoms with E-state index in [4.69, 9.17) is 0 Å². The fraction of sp³-hybridized carbons (Fsp3) is 0.0588. The van der Waals surface area contributed by atoms with Gasteiger partial charge >= 0.3 is 0 Å². The first kappa shape index (κ1) is 16.8. The smallest absolute Gasteiger partial charge is 0.231 e. The van der Waals surface area contributed by atoms with Crippen molar-refractivity contribution in [2.75, 3.05) is 0 Å². The Labute approximate surface area is 157 Å². The van der Waals surface area contributed by atoms with Crippen LogP contribution < -0.4 is 0 Å². The fourth-order valence-electron chi connectivity index (χ4n) is 2.30. The number of hydrogen-bond acceptors (Lipinski definition) is 9.